The van der Waals surface area contributed by atoms with Crippen LogP contribution in [0.25, 0.3) is 0 Å². The summed E-state index contributed by atoms with van der Waals surface area (Å²) in [4.78, 5) is 6.63. The normalized spacial score (nSPS) is 14.1. The molecule has 118 valence electrons. The fourth-order valence-electron chi connectivity index (χ4n) is 2.72. The number of aromatic nitrogens is 1. The van der Waals surface area contributed by atoms with E-state index in [1.54, 1.807) is 0 Å². The van der Waals surface area contributed by atoms with Gasteiger partial charge < -0.3 is 15.7 Å². The molecule has 0 saturated carbocycles. The van der Waals surface area contributed by atoms with Gasteiger partial charge in [-0.3, -0.25) is 4.98 Å². The van der Waals surface area contributed by atoms with Gasteiger partial charge in [0.2, 0.25) is 0 Å². The van der Waals surface area contributed by atoms with Crippen molar-refractivity contribution in [1.29, 1.82) is 0 Å². The first-order valence-corrected chi connectivity index (χ1v) is 7.97. The number of aliphatic hydroxyl groups is 1. The monoisotopic (exact) mass is 299 g/mol. The molecule has 0 radical (unpaired) electrons. The Balaban J connectivity index is 0.000000847. The number of fused-ring (bicyclic) bond motifs is 2. The summed E-state index contributed by atoms with van der Waals surface area (Å²) >= 11 is 0. The second-order valence-corrected chi connectivity index (χ2v) is 5.10. The van der Waals surface area contributed by atoms with Crippen LogP contribution in [0.15, 0.2) is 42.6 Å². The van der Waals surface area contributed by atoms with Crippen LogP contribution >= 0.6 is 0 Å². The van der Waals surface area contributed by atoms with E-state index in [1.807, 2.05) is 32.2 Å². The standard InChI is InChI=1S/C16H19N3O.C2H6/c17-10-13(20)11-19-15-5-2-1-4-12(15)7-8-14-16(19)6-3-9-18-14;1-2/h1-6,9,13,20H,7-8,10-11,17H2;1-2H3. The zero-order valence-corrected chi connectivity index (χ0v) is 13.4. The zero-order chi connectivity index (χ0) is 15.9. The SMILES string of the molecule is CC.NCC(O)CN1c2ccccc2CCc2ncccc21. The van der Waals surface area contributed by atoms with E-state index in [0.29, 0.717) is 6.54 Å². The molecule has 1 atom stereocenters. The maximum atomic E-state index is 9.97. The van der Waals surface area contributed by atoms with E-state index >= 15 is 0 Å². The van der Waals surface area contributed by atoms with Crippen molar-refractivity contribution >= 4 is 11.4 Å². The van der Waals surface area contributed by atoms with Gasteiger partial charge in [-0.15, -0.1) is 0 Å². The third kappa shape index (κ3) is 3.46. The zero-order valence-electron chi connectivity index (χ0n) is 13.4. The molecule has 1 aliphatic heterocycles. The highest BCUT2D eigenvalue weighted by Gasteiger charge is 2.22. The van der Waals surface area contributed by atoms with Crippen molar-refractivity contribution in [1.82, 2.24) is 4.98 Å². The van der Waals surface area contributed by atoms with E-state index in [1.165, 1.54) is 5.56 Å². The Morgan fingerprint density at radius 2 is 1.86 bits per heavy atom. The Hall–Kier alpha value is -1.91. The van der Waals surface area contributed by atoms with Gasteiger partial charge in [0.1, 0.15) is 0 Å². The van der Waals surface area contributed by atoms with Gasteiger partial charge in [-0.05, 0) is 36.6 Å². The second kappa shape index (κ2) is 7.92. The van der Waals surface area contributed by atoms with E-state index in [4.69, 9.17) is 5.73 Å². The van der Waals surface area contributed by atoms with Gasteiger partial charge in [0, 0.05) is 18.4 Å². The highest BCUT2D eigenvalue weighted by molar-refractivity contribution is 5.70. The van der Waals surface area contributed by atoms with E-state index < -0.39 is 6.10 Å². The maximum absolute atomic E-state index is 9.97. The molecule has 2 aromatic rings. The molecule has 0 amide bonds. The third-order valence-corrected chi connectivity index (χ3v) is 3.74. The molecule has 1 aromatic carbocycles. The smallest absolute Gasteiger partial charge is 0.0841 e. The molecule has 3 rings (SSSR count). The number of para-hydroxylation sites is 1. The summed E-state index contributed by atoms with van der Waals surface area (Å²) in [7, 11) is 0. The molecular formula is C18H25N3O. The Labute approximate surface area is 132 Å². The van der Waals surface area contributed by atoms with Gasteiger partial charge in [0.15, 0.2) is 0 Å². The average Bonchev–Trinajstić information content (AvgIpc) is 2.74. The molecule has 0 saturated heterocycles. The summed E-state index contributed by atoms with van der Waals surface area (Å²) in [6.45, 7) is 4.75. The van der Waals surface area contributed by atoms with E-state index in [-0.39, 0.29) is 6.54 Å². The average molecular weight is 299 g/mol. The van der Waals surface area contributed by atoms with Crippen molar-refractivity contribution in [2.45, 2.75) is 32.8 Å². The lowest BCUT2D eigenvalue weighted by Gasteiger charge is -2.28. The van der Waals surface area contributed by atoms with Crippen molar-refractivity contribution < 1.29 is 5.11 Å². The Bertz CT molecular complexity index is 553. The summed E-state index contributed by atoms with van der Waals surface area (Å²) < 4.78 is 0. The first kappa shape index (κ1) is 16.5. The highest BCUT2D eigenvalue weighted by atomic mass is 16.3. The molecule has 4 heteroatoms. The molecule has 0 spiro atoms. The van der Waals surface area contributed by atoms with Gasteiger partial charge >= 0.3 is 0 Å². The number of hydrogen-bond acceptors (Lipinski definition) is 4. The molecule has 0 bridgehead atoms. The summed E-state index contributed by atoms with van der Waals surface area (Å²) in [5.74, 6) is 0. The Morgan fingerprint density at radius 1 is 1.14 bits per heavy atom. The van der Waals surface area contributed by atoms with Crippen molar-refractivity contribution in [2.24, 2.45) is 5.73 Å². The quantitative estimate of drug-likeness (QED) is 0.914. The molecule has 3 N–H and O–H groups in total. The predicted octanol–water partition coefficient (Wildman–Crippen LogP) is 2.66. The van der Waals surface area contributed by atoms with E-state index in [9.17, 15) is 5.11 Å². The minimum Gasteiger partial charge on any atom is -0.390 e. The van der Waals surface area contributed by atoms with Crippen molar-refractivity contribution in [3.05, 3.63) is 53.9 Å². The number of β-amino-alcohol motifs (C(OH)–C–C–N with tert-alkyl or cyclic N) is 1. The molecule has 1 aliphatic rings. The first-order chi connectivity index (χ1) is 10.8. The molecule has 2 heterocycles. The fourth-order valence-corrected chi connectivity index (χ4v) is 2.72. The summed E-state index contributed by atoms with van der Waals surface area (Å²) in [5, 5.41) is 9.97. The lowest BCUT2D eigenvalue weighted by Crippen LogP contribution is -2.34. The largest absolute Gasteiger partial charge is 0.390 e. The molecule has 0 fully saturated rings. The highest BCUT2D eigenvalue weighted by Crippen LogP contribution is 2.34. The van der Waals surface area contributed by atoms with Crippen molar-refractivity contribution in [3.63, 3.8) is 0 Å². The van der Waals surface area contributed by atoms with Gasteiger partial charge in [-0.2, -0.15) is 0 Å². The van der Waals surface area contributed by atoms with Crippen LogP contribution in [-0.2, 0) is 12.8 Å². The molecule has 1 aromatic heterocycles. The molecular weight excluding hydrogens is 274 g/mol. The van der Waals surface area contributed by atoms with Gasteiger partial charge in [-0.25, -0.2) is 0 Å². The first-order valence-electron chi connectivity index (χ1n) is 7.97. The lowest BCUT2D eigenvalue weighted by atomic mass is 10.1. The van der Waals surface area contributed by atoms with Crippen LogP contribution in [0.1, 0.15) is 25.1 Å². The van der Waals surface area contributed by atoms with Crippen LogP contribution in [-0.4, -0.2) is 29.3 Å². The maximum Gasteiger partial charge on any atom is 0.0841 e. The Morgan fingerprint density at radius 3 is 2.64 bits per heavy atom. The predicted molar refractivity (Wildman–Crippen MR) is 91.5 cm³/mol. The molecule has 4 nitrogen and oxygen atoms in total. The van der Waals surface area contributed by atoms with Gasteiger partial charge in [0.25, 0.3) is 0 Å². The van der Waals surface area contributed by atoms with Crippen LogP contribution < -0.4 is 10.6 Å². The topological polar surface area (TPSA) is 62.4 Å². The van der Waals surface area contributed by atoms with Gasteiger partial charge in [-0.1, -0.05) is 32.0 Å². The van der Waals surface area contributed by atoms with Crippen molar-refractivity contribution in [3.8, 4) is 0 Å². The minimum absolute atomic E-state index is 0.258. The Kier molecular flexibility index (Phi) is 5.92. The number of benzene rings is 1. The second-order valence-electron chi connectivity index (χ2n) is 5.10. The van der Waals surface area contributed by atoms with Crippen LogP contribution in [0, 0.1) is 0 Å². The van der Waals surface area contributed by atoms with Crippen LogP contribution in [0.3, 0.4) is 0 Å². The number of pyridine rings is 1. The number of rotatable bonds is 3. The summed E-state index contributed by atoms with van der Waals surface area (Å²) in [6, 6.07) is 12.3. The minimum atomic E-state index is -0.547. The number of aryl methyl sites for hydroxylation is 2. The van der Waals surface area contributed by atoms with Crippen LogP contribution in [0.2, 0.25) is 0 Å². The van der Waals surface area contributed by atoms with Crippen molar-refractivity contribution in [2.75, 3.05) is 18.0 Å². The molecule has 1 unspecified atom stereocenters. The van der Waals surface area contributed by atoms with Crippen LogP contribution in [0.5, 0.6) is 0 Å². The lowest BCUT2D eigenvalue weighted by molar-refractivity contribution is 0.191. The van der Waals surface area contributed by atoms with Crippen LogP contribution in [0.4, 0.5) is 11.4 Å². The summed E-state index contributed by atoms with van der Waals surface area (Å²) in [6.07, 6.45) is 3.17. The molecule has 22 heavy (non-hydrogen) atoms. The number of nitrogens with zero attached hydrogens (tertiary/aromatic N) is 2. The number of anilines is 2. The number of hydrogen-bond donors (Lipinski definition) is 2. The number of aliphatic hydroxyl groups excluding tert-OH is 1. The van der Waals surface area contributed by atoms with E-state index in [0.717, 1.165) is 29.9 Å². The number of nitrogens with two attached hydrogens (primary N) is 1. The van der Waals surface area contributed by atoms with E-state index in [2.05, 4.69) is 34.1 Å². The fraction of sp³-hybridized carbons (Fsp3) is 0.389. The summed E-state index contributed by atoms with van der Waals surface area (Å²) in [5.41, 5.74) is 10.2. The molecule has 0 aliphatic carbocycles. The third-order valence-electron chi connectivity index (χ3n) is 3.74. The van der Waals surface area contributed by atoms with Gasteiger partial charge in [0.05, 0.1) is 24.0 Å².